The van der Waals surface area contributed by atoms with E-state index in [1.54, 1.807) is 14.0 Å². The van der Waals surface area contributed by atoms with Gasteiger partial charge in [0, 0.05) is 7.05 Å². The molecule has 0 aliphatic heterocycles. The molecule has 1 aromatic carbocycles. The zero-order valence-electron chi connectivity index (χ0n) is 15.1. The van der Waals surface area contributed by atoms with Crippen LogP contribution in [-0.4, -0.2) is 15.5 Å². The summed E-state index contributed by atoms with van der Waals surface area (Å²) in [7, 11) is 1.61. The van der Waals surface area contributed by atoms with Crippen molar-refractivity contribution < 1.29 is 9.21 Å². The van der Waals surface area contributed by atoms with E-state index in [-0.39, 0.29) is 34.2 Å². The van der Waals surface area contributed by atoms with Gasteiger partial charge in [-0.3, -0.25) is 9.59 Å². The van der Waals surface area contributed by atoms with Crippen LogP contribution >= 0.6 is 0 Å². The van der Waals surface area contributed by atoms with Gasteiger partial charge < -0.3 is 14.3 Å². The van der Waals surface area contributed by atoms with E-state index >= 15 is 0 Å². The lowest BCUT2D eigenvalue weighted by atomic mass is 10.0. The normalized spacial score (nSPS) is 15.2. The summed E-state index contributed by atoms with van der Waals surface area (Å²) in [5, 5.41) is 3.36. The molecular formula is C20H21N3O3. The van der Waals surface area contributed by atoms with E-state index in [0.29, 0.717) is 11.7 Å². The van der Waals surface area contributed by atoms with Crippen LogP contribution in [-0.2, 0) is 7.05 Å². The number of nitrogens with zero attached hydrogens (tertiary/aromatic N) is 2. The molecule has 0 radical (unpaired) electrons. The maximum Gasteiger partial charge on any atom is 0.265 e. The van der Waals surface area contributed by atoms with Crippen LogP contribution in [0, 0.1) is 19.8 Å². The number of nitrogens with one attached hydrogen (secondary N) is 1. The highest BCUT2D eigenvalue weighted by molar-refractivity contribution is 6.06. The van der Waals surface area contributed by atoms with Crippen LogP contribution < -0.4 is 10.9 Å². The zero-order chi connectivity index (χ0) is 18.4. The number of aryl methyl sites for hydroxylation is 3. The minimum absolute atomic E-state index is 0.0621. The third-order valence-electron chi connectivity index (χ3n) is 4.99. The number of rotatable bonds is 4. The Morgan fingerprint density at radius 2 is 1.96 bits per heavy atom. The maximum absolute atomic E-state index is 13.0. The van der Waals surface area contributed by atoms with Gasteiger partial charge in [0.05, 0.1) is 11.6 Å². The van der Waals surface area contributed by atoms with Gasteiger partial charge in [0.2, 0.25) is 5.71 Å². The minimum atomic E-state index is -0.288. The van der Waals surface area contributed by atoms with Crippen molar-refractivity contribution in [1.82, 2.24) is 14.9 Å². The molecule has 134 valence electrons. The third-order valence-corrected chi connectivity index (χ3v) is 4.99. The van der Waals surface area contributed by atoms with Crippen molar-refractivity contribution in [2.75, 3.05) is 0 Å². The van der Waals surface area contributed by atoms with Gasteiger partial charge in [-0.15, -0.1) is 0 Å². The molecule has 1 unspecified atom stereocenters. The first-order chi connectivity index (χ1) is 12.5. The molecule has 2 aromatic heterocycles. The summed E-state index contributed by atoms with van der Waals surface area (Å²) in [5.74, 6) is 0.552. The monoisotopic (exact) mass is 351 g/mol. The Hall–Kier alpha value is -2.89. The number of hydrogen-bond acceptors (Lipinski definition) is 4. The van der Waals surface area contributed by atoms with E-state index in [2.05, 4.69) is 34.6 Å². The topological polar surface area (TPSA) is 77.1 Å². The molecule has 6 nitrogen and oxygen atoms in total. The summed E-state index contributed by atoms with van der Waals surface area (Å²) in [6, 6.07) is 8.15. The average Bonchev–Trinajstić information content (AvgIpc) is 3.39. The Morgan fingerprint density at radius 3 is 2.62 bits per heavy atom. The summed E-state index contributed by atoms with van der Waals surface area (Å²) in [6.45, 7) is 3.73. The number of furan rings is 1. The van der Waals surface area contributed by atoms with Crippen LogP contribution in [0.15, 0.2) is 39.8 Å². The Balaban J connectivity index is 1.72. The number of amides is 1. The van der Waals surface area contributed by atoms with Crippen LogP contribution in [0.3, 0.4) is 0 Å². The predicted octanol–water partition coefficient (Wildman–Crippen LogP) is 3.02. The number of carbonyl (C=O) groups is 1. The van der Waals surface area contributed by atoms with Crippen LogP contribution in [0.1, 0.15) is 46.1 Å². The van der Waals surface area contributed by atoms with E-state index in [1.807, 2.05) is 6.92 Å². The van der Waals surface area contributed by atoms with Gasteiger partial charge in [-0.05, 0) is 38.2 Å². The molecule has 1 saturated carbocycles. The lowest BCUT2D eigenvalue weighted by Gasteiger charge is -2.19. The SMILES string of the molecule is Cc1ccc(C(NC(=O)c2c(C)oc3ncn(C)c(=O)c23)C2CC2)cc1. The van der Waals surface area contributed by atoms with E-state index in [1.165, 1.54) is 16.5 Å². The van der Waals surface area contributed by atoms with E-state index in [4.69, 9.17) is 4.42 Å². The molecule has 6 heteroatoms. The average molecular weight is 351 g/mol. The van der Waals surface area contributed by atoms with Crippen molar-refractivity contribution in [1.29, 1.82) is 0 Å². The second-order valence-corrected chi connectivity index (χ2v) is 7.07. The summed E-state index contributed by atoms with van der Waals surface area (Å²) < 4.78 is 6.90. The molecule has 1 aliphatic rings. The molecule has 1 atom stereocenters. The molecule has 1 aliphatic carbocycles. The molecule has 0 bridgehead atoms. The lowest BCUT2D eigenvalue weighted by Crippen LogP contribution is -2.31. The Bertz CT molecular complexity index is 1040. The third kappa shape index (κ3) is 2.81. The fraction of sp³-hybridized carbons (Fsp3) is 0.350. The standard InChI is InChI=1S/C20H21N3O3/c1-11-4-6-13(7-5-11)17(14-8-9-14)22-18(24)15-12(2)26-19-16(15)20(25)23(3)10-21-19/h4-7,10,14,17H,8-9H2,1-3H3,(H,22,24). The van der Waals surface area contributed by atoms with E-state index in [9.17, 15) is 9.59 Å². The molecular weight excluding hydrogens is 330 g/mol. The number of aromatic nitrogens is 2. The van der Waals surface area contributed by atoms with Gasteiger partial charge >= 0.3 is 0 Å². The molecule has 1 amide bonds. The second-order valence-electron chi connectivity index (χ2n) is 7.07. The predicted molar refractivity (Wildman–Crippen MR) is 98.1 cm³/mol. The van der Waals surface area contributed by atoms with Crippen LogP contribution in [0.25, 0.3) is 11.1 Å². The van der Waals surface area contributed by atoms with Gasteiger partial charge in [-0.2, -0.15) is 0 Å². The summed E-state index contributed by atoms with van der Waals surface area (Å²) in [6.07, 6.45) is 3.58. The van der Waals surface area contributed by atoms with Crippen molar-refractivity contribution in [2.24, 2.45) is 13.0 Å². The second kappa shape index (κ2) is 6.12. The van der Waals surface area contributed by atoms with Gasteiger partial charge in [0.1, 0.15) is 17.5 Å². The van der Waals surface area contributed by atoms with Crippen LogP contribution in [0.4, 0.5) is 0 Å². The summed E-state index contributed by atoms with van der Waals surface area (Å²) in [5.41, 5.74) is 2.47. The number of fused-ring (bicyclic) bond motifs is 1. The van der Waals surface area contributed by atoms with Gasteiger partial charge in [-0.1, -0.05) is 29.8 Å². The highest BCUT2D eigenvalue weighted by atomic mass is 16.3. The van der Waals surface area contributed by atoms with Gasteiger partial charge in [0.15, 0.2) is 0 Å². The number of benzene rings is 1. The highest BCUT2D eigenvalue weighted by Gasteiger charge is 2.34. The molecule has 2 heterocycles. The van der Waals surface area contributed by atoms with Crippen molar-refractivity contribution >= 4 is 17.0 Å². The fourth-order valence-electron chi connectivity index (χ4n) is 3.35. The van der Waals surface area contributed by atoms with Crippen molar-refractivity contribution in [3.05, 3.63) is 63.4 Å². The maximum atomic E-state index is 13.0. The van der Waals surface area contributed by atoms with Crippen molar-refractivity contribution in [3.8, 4) is 0 Å². The summed E-state index contributed by atoms with van der Waals surface area (Å²) >= 11 is 0. The van der Waals surface area contributed by atoms with Crippen molar-refractivity contribution in [2.45, 2.75) is 32.7 Å². The first-order valence-corrected chi connectivity index (χ1v) is 8.78. The highest BCUT2D eigenvalue weighted by Crippen LogP contribution is 2.41. The Labute approximate surface area is 150 Å². The summed E-state index contributed by atoms with van der Waals surface area (Å²) in [4.78, 5) is 29.6. The van der Waals surface area contributed by atoms with E-state index < -0.39 is 0 Å². The molecule has 0 saturated heterocycles. The lowest BCUT2D eigenvalue weighted by molar-refractivity contribution is 0.0931. The molecule has 0 spiro atoms. The van der Waals surface area contributed by atoms with Crippen LogP contribution in [0.5, 0.6) is 0 Å². The van der Waals surface area contributed by atoms with Gasteiger partial charge in [-0.25, -0.2) is 4.98 Å². The van der Waals surface area contributed by atoms with Crippen LogP contribution in [0.2, 0.25) is 0 Å². The van der Waals surface area contributed by atoms with Crippen molar-refractivity contribution in [3.63, 3.8) is 0 Å². The first-order valence-electron chi connectivity index (χ1n) is 8.78. The largest absolute Gasteiger partial charge is 0.442 e. The minimum Gasteiger partial charge on any atom is -0.442 e. The molecule has 4 rings (SSSR count). The first kappa shape index (κ1) is 16.6. The smallest absolute Gasteiger partial charge is 0.265 e. The molecule has 1 N–H and O–H groups in total. The zero-order valence-corrected chi connectivity index (χ0v) is 15.1. The molecule has 1 fully saturated rings. The van der Waals surface area contributed by atoms with E-state index in [0.717, 1.165) is 18.4 Å². The Morgan fingerprint density at radius 1 is 1.27 bits per heavy atom. The Kier molecular flexibility index (Phi) is 3.90. The van der Waals surface area contributed by atoms with Gasteiger partial charge in [0.25, 0.3) is 11.5 Å². The quantitative estimate of drug-likeness (QED) is 0.784. The number of hydrogen-bond donors (Lipinski definition) is 1. The number of carbonyl (C=O) groups excluding carboxylic acids is 1. The molecule has 3 aromatic rings. The molecule has 26 heavy (non-hydrogen) atoms. The fourth-order valence-corrected chi connectivity index (χ4v) is 3.35.